The number of carbonyl (C=O) groups excluding carboxylic acids is 3. The van der Waals surface area contributed by atoms with Crippen LogP contribution in [-0.2, 0) is 28.8 Å². The summed E-state index contributed by atoms with van der Waals surface area (Å²) >= 11 is 0. The normalized spacial score (nSPS) is 12.3. The van der Waals surface area contributed by atoms with Crippen LogP contribution in [-0.4, -0.2) is 56.8 Å². The minimum absolute atomic E-state index is 0.0178. The van der Waals surface area contributed by atoms with E-state index in [1.54, 1.807) is 0 Å². The highest BCUT2D eigenvalue weighted by Crippen LogP contribution is 2.30. The first kappa shape index (κ1) is 54.6. The van der Waals surface area contributed by atoms with Crippen LogP contribution in [0.15, 0.2) is 24.3 Å². The van der Waals surface area contributed by atoms with Gasteiger partial charge in [0.05, 0.1) is 25.6 Å². The van der Waals surface area contributed by atoms with Crippen molar-refractivity contribution in [3.8, 4) is 0 Å². The van der Waals surface area contributed by atoms with Gasteiger partial charge in [-0.1, -0.05) is 186 Å². The molecule has 0 fully saturated rings. The highest BCUT2D eigenvalue weighted by Gasteiger charge is 2.33. The molecule has 1 atom stereocenters. The Kier molecular flexibility index (Phi) is 41.5. The fourth-order valence-electron chi connectivity index (χ4n) is 7.29. The molecule has 8 heteroatoms. The second kappa shape index (κ2) is 43.2. The lowest BCUT2D eigenvalue weighted by molar-refractivity contribution is -0.245. The van der Waals surface area contributed by atoms with Crippen molar-refractivity contribution in [2.75, 3.05) is 33.9 Å². The number of rotatable bonds is 41. The standard InChI is InChI=1S/C49H91NO7/c1-6-9-12-15-18-19-20-21-22-23-24-25-26-27-28-29-30-31-34-37-42-54-48(52)46(44-47(51)56-57-49(53)55-43-38-41-50(4)5)45(39-35-32-16-13-10-7-2)40-36-33-17-14-11-8-3/h18-19,21-22,45-46H,6-17,20,23-44H2,1-5H3. The zero-order valence-corrected chi connectivity index (χ0v) is 38.0. The van der Waals surface area contributed by atoms with Gasteiger partial charge in [0.25, 0.3) is 0 Å². The number of carbonyl (C=O) groups is 3. The van der Waals surface area contributed by atoms with Gasteiger partial charge in [0, 0.05) is 6.54 Å². The second-order valence-corrected chi connectivity index (χ2v) is 16.6. The molecule has 0 bridgehead atoms. The first-order chi connectivity index (χ1) is 27.8. The fourth-order valence-corrected chi connectivity index (χ4v) is 7.29. The average Bonchev–Trinajstić information content (AvgIpc) is 3.20. The van der Waals surface area contributed by atoms with Crippen molar-refractivity contribution in [2.45, 2.75) is 226 Å². The Bertz CT molecular complexity index is 949. The molecule has 0 aliphatic rings. The number of allylic oxidation sites excluding steroid dienone is 4. The number of ether oxygens (including phenoxy) is 2. The number of nitrogens with zero attached hydrogens (tertiary/aromatic N) is 1. The molecular weight excluding hydrogens is 715 g/mol. The Morgan fingerprint density at radius 2 is 0.930 bits per heavy atom. The summed E-state index contributed by atoms with van der Waals surface area (Å²) in [5.41, 5.74) is 0. The monoisotopic (exact) mass is 806 g/mol. The molecule has 0 spiro atoms. The van der Waals surface area contributed by atoms with Crippen LogP contribution >= 0.6 is 0 Å². The maximum atomic E-state index is 13.7. The molecule has 0 aliphatic carbocycles. The predicted octanol–water partition coefficient (Wildman–Crippen LogP) is 14.6. The van der Waals surface area contributed by atoms with Crippen molar-refractivity contribution in [2.24, 2.45) is 11.8 Å². The van der Waals surface area contributed by atoms with Gasteiger partial charge in [-0.2, -0.15) is 4.79 Å². The van der Waals surface area contributed by atoms with Crippen LogP contribution in [0.25, 0.3) is 0 Å². The molecule has 57 heavy (non-hydrogen) atoms. The molecule has 0 heterocycles. The van der Waals surface area contributed by atoms with Gasteiger partial charge >= 0.3 is 18.1 Å². The summed E-state index contributed by atoms with van der Waals surface area (Å²) in [5.74, 6) is -1.68. The Morgan fingerprint density at radius 1 is 0.491 bits per heavy atom. The van der Waals surface area contributed by atoms with E-state index in [2.05, 4.69) is 50.0 Å². The molecule has 0 radical (unpaired) electrons. The van der Waals surface area contributed by atoms with E-state index in [9.17, 15) is 14.4 Å². The van der Waals surface area contributed by atoms with E-state index >= 15 is 0 Å². The van der Waals surface area contributed by atoms with E-state index in [1.165, 1.54) is 128 Å². The van der Waals surface area contributed by atoms with E-state index < -0.39 is 18.0 Å². The van der Waals surface area contributed by atoms with Crippen molar-refractivity contribution in [1.29, 1.82) is 0 Å². The number of hydrogen-bond acceptors (Lipinski definition) is 8. The van der Waals surface area contributed by atoms with E-state index in [-0.39, 0.29) is 24.9 Å². The van der Waals surface area contributed by atoms with E-state index in [1.807, 2.05) is 19.0 Å². The predicted molar refractivity (Wildman–Crippen MR) is 238 cm³/mol. The Balaban J connectivity index is 4.76. The van der Waals surface area contributed by atoms with Crippen LogP contribution < -0.4 is 0 Å². The lowest BCUT2D eigenvalue weighted by atomic mass is 9.81. The molecule has 0 aromatic heterocycles. The van der Waals surface area contributed by atoms with Crippen LogP contribution in [0.5, 0.6) is 0 Å². The first-order valence-electron chi connectivity index (χ1n) is 24.0. The molecule has 334 valence electrons. The summed E-state index contributed by atoms with van der Waals surface area (Å²) in [5, 5.41) is 0. The maximum absolute atomic E-state index is 13.7. The van der Waals surface area contributed by atoms with Gasteiger partial charge in [0.1, 0.15) is 0 Å². The van der Waals surface area contributed by atoms with Crippen LogP contribution in [0.1, 0.15) is 226 Å². The van der Waals surface area contributed by atoms with E-state index in [0.717, 1.165) is 70.8 Å². The minimum atomic E-state index is -1.05. The summed E-state index contributed by atoms with van der Waals surface area (Å²) in [7, 11) is 3.88. The van der Waals surface area contributed by atoms with Gasteiger partial charge in [0.2, 0.25) is 0 Å². The largest absolute Gasteiger partial charge is 0.549 e. The van der Waals surface area contributed by atoms with Crippen LogP contribution in [0.4, 0.5) is 4.79 Å². The summed E-state index contributed by atoms with van der Waals surface area (Å²) in [6.45, 7) is 7.98. The number of unbranched alkanes of at least 4 members (excludes halogenated alkanes) is 23. The molecule has 0 saturated heterocycles. The molecule has 8 nitrogen and oxygen atoms in total. The summed E-state index contributed by atoms with van der Waals surface area (Å²) < 4.78 is 10.9. The number of esters is 1. The molecule has 0 aliphatic heterocycles. The Morgan fingerprint density at radius 3 is 1.46 bits per heavy atom. The average molecular weight is 806 g/mol. The molecule has 1 unspecified atom stereocenters. The first-order valence-corrected chi connectivity index (χ1v) is 24.0. The fraction of sp³-hybridized carbons (Fsp3) is 0.857. The lowest BCUT2D eigenvalue weighted by Crippen LogP contribution is -2.30. The Hall–Kier alpha value is -2.35. The van der Waals surface area contributed by atoms with Crippen molar-refractivity contribution in [3.63, 3.8) is 0 Å². The summed E-state index contributed by atoms with van der Waals surface area (Å²) in [6.07, 6.45) is 43.9. The molecule has 0 N–H and O–H groups in total. The van der Waals surface area contributed by atoms with Crippen LogP contribution in [0.3, 0.4) is 0 Å². The van der Waals surface area contributed by atoms with E-state index in [4.69, 9.17) is 14.4 Å². The zero-order chi connectivity index (χ0) is 41.9. The topological polar surface area (TPSA) is 91.4 Å². The molecular formula is C49H91NO7. The lowest BCUT2D eigenvalue weighted by Gasteiger charge is -2.25. The quantitative estimate of drug-likeness (QED) is 0.0198. The van der Waals surface area contributed by atoms with Crippen LogP contribution in [0, 0.1) is 11.8 Å². The van der Waals surface area contributed by atoms with Crippen molar-refractivity contribution >= 4 is 18.1 Å². The Labute approximate surface area is 352 Å². The van der Waals surface area contributed by atoms with Crippen molar-refractivity contribution in [3.05, 3.63) is 24.3 Å². The summed E-state index contributed by atoms with van der Waals surface area (Å²) in [6, 6.07) is 0. The van der Waals surface area contributed by atoms with Gasteiger partial charge in [-0.3, -0.25) is 4.79 Å². The van der Waals surface area contributed by atoms with Gasteiger partial charge in [-0.25, -0.2) is 14.6 Å². The summed E-state index contributed by atoms with van der Waals surface area (Å²) in [4.78, 5) is 50.2. The van der Waals surface area contributed by atoms with Gasteiger partial charge in [0.15, 0.2) is 0 Å². The number of hydrogen-bond donors (Lipinski definition) is 0. The smallest absolute Gasteiger partial charge is 0.465 e. The highest BCUT2D eigenvalue weighted by molar-refractivity contribution is 5.80. The van der Waals surface area contributed by atoms with E-state index in [0.29, 0.717) is 13.0 Å². The van der Waals surface area contributed by atoms with Gasteiger partial charge in [-0.05, 0) is 77.8 Å². The van der Waals surface area contributed by atoms with Gasteiger partial charge < -0.3 is 14.4 Å². The molecule has 0 amide bonds. The SMILES string of the molecule is CCCCCC=CCC=CCCCCCCCCCCCCOC(=O)C(CC(=O)OOC(=O)OCCCN(C)C)C(CCCCCCCC)CCCCCCCC. The zero-order valence-electron chi connectivity index (χ0n) is 38.0. The second-order valence-electron chi connectivity index (χ2n) is 16.6. The molecule has 0 aromatic carbocycles. The van der Waals surface area contributed by atoms with Crippen molar-refractivity contribution in [1.82, 2.24) is 4.90 Å². The third-order valence-electron chi connectivity index (χ3n) is 10.9. The van der Waals surface area contributed by atoms with Crippen molar-refractivity contribution < 1.29 is 33.6 Å². The third-order valence-corrected chi connectivity index (χ3v) is 10.9. The van der Waals surface area contributed by atoms with Gasteiger partial charge in [-0.15, -0.1) is 0 Å². The molecule has 0 aromatic rings. The maximum Gasteiger partial charge on any atom is 0.549 e. The molecule has 0 rings (SSSR count). The highest BCUT2D eigenvalue weighted by atomic mass is 17.2. The third kappa shape index (κ3) is 38.9. The van der Waals surface area contributed by atoms with Crippen LogP contribution in [0.2, 0.25) is 0 Å². The molecule has 0 saturated carbocycles. The minimum Gasteiger partial charge on any atom is -0.465 e.